The first-order valence-electron chi connectivity index (χ1n) is 8.51. The first-order chi connectivity index (χ1) is 13.6. The van der Waals surface area contributed by atoms with Crippen molar-refractivity contribution in [1.29, 1.82) is 0 Å². The largest absolute Gasteiger partial charge is 0.459 e. The molecular weight excluding hydrogens is 365 g/mol. The van der Waals surface area contributed by atoms with Gasteiger partial charge in [0, 0.05) is 19.2 Å². The highest BCUT2D eigenvalue weighted by Crippen LogP contribution is 2.29. The Morgan fingerprint density at radius 2 is 1.79 bits per heavy atom. The summed E-state index contributed by atoms with van der Waals surface area (Å²) in [4.78, 5) is 23.8. The van der Waals surface area contributed by atoms with Crippen molar-refractivity contribution in [3.63, 3.8) is 0 Å². The molecule has 28 heavy (non-hydrogen) atoms. The Bertz CT molecular complexity index is 944. The zero-order valence-corrected chi connectivity index (χ0v) is 14.8. The molecule has 0 saturated carbocycles. The number of hydrogen-bond donors (Lipinski definition) is 3. The Balaban J connectivity index is 1.49. The van der Waals surface area contributed by atoms with Crippen molar-refractivity contribution in [2.24, 2.45) is 0 Å². The third-order valence-corrected chi connectivity index (χ3v) is 3.60. The van der Waals surface area contributed by atoms with E-state index in [4.69, 9.17) is 9.15 Å². The molecule has 0 radical (unpaired) electrons. The molecule has 0 unspecified atom stereocenters. The van der Waals surface area contributed by atoms with Gasteiger partial charge in [0.2, 0.25) is 0 Å². The molecule has 1 heterocycles. The fourth-order valence-electron chi connectivity index (χ4n) is 2.33. The van der Waals surface area contributed by atoms with Crippen LogP contribution in [0.15, 0.2) is 71.3 Å². The third kappa shape index (κ3) is 5.34. The summed E-state index contributed by atoms with van der Waals surface area (Å²) in [6, 6.07) is 15.2. The van der Waals surface area contributed by atoms with Crippen LogP contribution in [0, 0.1) is 5.82 Å². The fourth-order valence-corrected chi connectivity index (χ4v) is 2.33. The molecule has 0 bridgehead atoms. The molecule has 0 atom stereocenters. The molecule has 7 nitrogen and oxygen atoms in total. The first-order valence-corrected chi connectivity index (χ1v) is 8.51. The predicted octanol–water partition coefficient (Wildman–Crippen LogP) is 3.76. The monoisotopic (exact) mass is 383 g/mol. The predicted molar refractivity (Wildman–Crippen MR) is 101 cm³/mol. The van der Waals surface area contributed by atoms with E-state index in [0.29, 0.717) is 17.2 Å². The Labute approximate surface area is 160 Å². The second-order valence-electron chi connectivity index (χ2n) is 5.67. The van der Waals surface area contributed by atoms with Gasteiger partial charge in [-0.25, -0.2) is 9.18 Å². The van der Waals surface area contributed by atoms with Crippen molar-refractivity contribution in [2.45, 2.75) is 0 Å². The lowest BCUT2D eigenvalue weighted by Gasteiger charge is -2.13. The van der Waals surface area contributed by atoms with Crippen LogP contribution in [-0.2, 0) is 0 Å². The van der Waals surface area contributed by atoms with Gasteiger partial charge in [-0.2, -0.15) is 0 Å². The van der Waals surface area contributed by atoms with E-state index in [-0.39, 0.29) is 24.8 Å². The summed E-state index contributed by atoms with van der Waals surface area (Å²) >= 11 is 0. The second kappa shape index (κ2) is 9.22. The summed E-state index contributed by atoms with van der Waals surface area (Å²) in [5, 5.41) is 7.90. The van der Waals surface area contributed by atoms with Crippen LogP contribution in [-0.4, -0.2) is 25.0 Å². The Morgan fingerprint density at radius 3 is 2.57 bits per heavy atom. The lowest BCUT2D eigenvalue weighted by atomic mass is 10.3. The normalized spacial score (nSPS) is 10.2. The molecule has 0 aliphatic carbocycles. The number of benzene rings is 2. The van der Waals surface area contributed by atoms with Gasteiger partial charge in [0.05, 0.1) is 12.0 Å². The van der Waals surface area contributed by atoms with E-state index in [2.05, 4.69) is 16.0 Å². The lowest BCUT2D eigenvalue weighted by Crippen LogP contribution is -2.36. The van der Waals surface area contributed by atoms with Crippen LogP contribution in [0.25, 0.3) is 0 Å². The number of amides is 3. The highest BCUT2D eigenvalue weighted by Gasteiger charge is 2.10. The minimum atomic E-state index is -0.470. The molecule has 3 aromatic rings. The van der Waals surface area contributed by atoms with Crippen molar-refractivity contribution in [3.05, 3.63) is 78.5 Å². The number of furan rings is 1. The van der Waals surface area contributed by atoms with Gasteiger partial charge >= 0.3 is 6.03 Å². The molecule has 3 rings (SSSR count). The average molecular weight is 383 g/mol. The van der Waals surface area contributed by atoms with E-state index >= 15 is 0 Å². The van der Waals surface area contributed by atoms with Gasteiger partial charge in [0.15, 0.2) is 11.5 Å². The molecule has 144 valence electrons. The maximum atomic E-state index is 13.3. The van der Waals surface area contributed by atoms with Crippen LogP contribution in [0.1, 0.15) is 10.6 Å². The fraction of sp³-hybridized carbons (Fsp3) is 0.100. The van der Waals surface area contributed by atoms with Crippen LogP contribution < -0.4 is 20.7 Å². The number of halogens is 1. The number of urea groups is 1. The van der Waals surface area contributed by atoms with Gasteiger partial charge in [0.25, 0.3) is 5.91 Å². The molecular formula is C20H18FN3O4. The van der Waals surface area contributed by atoms with Gasteiger partial charge in [-0.15, -0.1) is 0 Å². The highest BCUT2D eigenvalue weighted by molar-refractivity contribution is 5.92. The van der Waals surface area contributed by atoms with Gasteiger partial charge in [0.1, 0.15) is 11.6 Å². The maximum Gasteiger partial charge on any atom is 0.319 e. The molecule has 3 amide bonds. The topological polar surface area (TPSA) is 92.6 Å². The zero-order valence-electron chi connectivity index (χ0n) is 14.8. The van der Waals surface area contributed by atoms with Gasteiger partial charge in [-0.3, -0.25) is 4.79 Å². The maximum absolute atomic E-state index is 13.3. The van der Waals surface area contributed by atoms with Crippen LogP contribution in [0.5, 0.6) is 11.5 Å². The number of carbonyl (C=O) groups excluding carboxylic acids is 2. The molecule has 8 heteroatoms. The van der Waals surface area contributed by atoms with E-state index in [1.807, 2.05) is 0 Å². The molecule has 2 aromatic carbocycles. The van der Waals surface area contributed by atoms with Crippen LogP contribution in [0.2, 0.25) is 0 Å². The van der Waals surface area contributed by atoms with E-state index in [9.17, 15) is 14.0 Å². The number of rotatable bonds is 7. The number of hydrogen-bond acceptors (Lipinski definition) is 4. The minimum Gasteiger partial charge on any atom is -0.459 e. The number of carbonyl (C=O) groups is 2. The number of ether oxygens (including phenoxy) is 1. The Morgan fingerprint density at radius 1 is 0.964 bits per heavy atom. The smallest absolute Gasteiger partial charge is 0.319 e. The summed E-state index contributed by atoms with van der Waals surface area (Å²) < 4.78 is 23.9. The van der Waals surface area contributed by atoms with E-state index < -0.39 is 11.8 Å². The summed E-state index contributed by atoms with van der Waals surface area (Å²) in [5.74, 6) is 0.107. The van der Waals surface area contributed by atoms with Gasteiger partial charge in [-0.05, 0) is 36.4 Å². The second-order valence-corrected chi connectivity index (χ2v) is 5.67. The minimum absolute atomic E-state index is 0.202. The lowest BCUT2D eigenvalue weighted by molar-refractivity contribution is 0.0926. The van der Waals surface area contributed by atoms with Crippen LogP contribution in [0.3, 0.4) is 0 Å². The van der Waals surface area contributed by atoms with Crippen LogP contribution >= 0.6 is 0 Å². The third-order valence-electron chi connectivity index (χ3n) is 3.60. The Hall–Kier alpha value is -3.81. The van der Waals surface area contributed by atoms with Gasteiger partial charge in [-0.1, -0.05) is 18.2 Å². The molecule has 1 aromatic heterocycles. The van der Waals surface area contributed by atoms with E-state index in [0.717, 1.165) is 0 Å². The van der Waals surface area contributed by atoms with E-state index in [1.165, 1.54) is 24.5 Å². The Kier molecular flexibility index (Phi) is 6.25. The molecule has 0 saturated heterocycles. The van der Waals surface area contributed by atoms with Crippen molar-refractivity contribution in [2.75, 3.05) is 18.4 Å². The zero-order chi connectivity index (χ0) is 19.8. The molecule has 0 spiro atoms. The van der Waals surface area contributed by atoms with Crippen molar-refractivity contribution >= 4 is 17.6 Å². The number of nitrogens with one attached hydrogen (secondary N) is 3. The summed E-state index contributed by atoms with van der Waals surface area (Å²) in [6.45, 7) is 0.444. The van der Waals surface area contributed by atoms with Crippen molar-refractivity contribution in [3.8, 4) is 11.5 Å². The van der Waals surface area contributed by atoms with Crippen molar-refractivity contribution in [1.82, 2.24) is 10.6 Å². The number of anilines is 1. The molecule has 0 fully saturated rings. The standard InChI is InChI=1S/C20H18FN3O4/c21-14-5-3-6-15(13-14)28-17-8-2-1-7-16(17)24-20(26)23-11-10-22-19(25)18-9-4-12-27-18/h1-9,12-13H,10-11H2,(H,22,25)(H2,23,24,26). The molecule has 0 aliphatic heterocycles. The summed E-state index contributed by atoms with van der Waals surface area (Å²) in [6.07, 6.45) is 1.41. The van der Waals surface area contributed by atoms with E-state index in [1.54, 1.807) is 42.5 Å². The highest BCUT2D eigenvalue weighted by atomic mass is 19.1. The summed E-state index contributed by atoms with van der Waals surface area (Å²) in [5.41, 5.74) is 0.420. The average Bonchev–Trinajstić information content (AvgIpc) is 3.22. The van der Waals surface area contributed by atoms with Crippen molar-refractivity contribution < 1.29 is 23.1 Å². The number of para-hydroxylation sites is 2. The molecule has 3 N–H and O–H groups in total. The first kappa shape index (κ1) is 19.0. The van der Waals surface area contributed by atoms with Crippen LogP contribution in [0.4, 0.5) is 14.9 Å². The quantitative estimate of drug-likeness (QED) is 0.542. The molecule has 0 aliphatic rings. The van der Waals surface area contributed by atoms with Gasteiger partial charge < -0.3 is 25.1 Å². The SMILES string of the molecule is O=C(NCCNC(=O)c1ccco1)Nc1ccccc1Oc1cccc(F)c1. The summed E-state index contributed by atoms with van der Waals surface area (Å²) in [7, 11) is 0.